The highest BCUT2D eigenvalue weighted by molar-refractivity contribution is 6.21. The van der Waals surface area contributed by atoms with Crippen LogP contribution in [-0.2, 0) is 19.1 Å². The Balaban J connectivity index is 1.40. The second-order valence-corrected chi connectivity index (χ2v) is 6.06. The monoisotopic (exact) mass is 360 g/mol. The number of fused-ring (bicyclic) bond motifs is 1. The minimum absolute atomic E-state index is 0.0315. The summed E-state index contributed by atoms with van der Waals surface area (Å²) in [5, 5.41) is 0. The van der Waals surface area contributed by atoms with Gasteiger partial charge >= 0.3 is 5.97 Å². The van der Waals surface area contributed by atoms with Gasteiger partial charge in [-0.15, -0.1) is 0 Å². The molecule has 1 saturated heterocycles. The van der Waals surface area contributed by atoms with Crippen molar-refractivity contribution in [3.8, 4) is 0 Å². The van der Waals surface area contributed by atoms with Crippen LogP contribution in [0.4, 0.5) is 0 Å². The molecule has 2 heterocycles. The van der Waals surface area contributed by atoms with Crippen LogP contribution in [-0.4, -0.2) is 72.9 Å². The molecule has 1 fully saturated rings. The van der Waals surface area contributed by atoms with Crippen LogP contribution in [0.3, 0.4) is 0 Å². The fourth-order valence-electron chi connectivity index (χ4n) is 2.94. The molecule has 0 atom stereocenters. The molecule has 0 aromatic heterocycles. The fourth-order valence-corrected chi connectivity index (χ4v) is 2.94. The lowest BCUT2D eigenvalue weighted by molar-refractivity contribution is -0.153. The van der Waals surface area contributed by atoms with Gasteiger partial charge in [0.15, 0.2) is 6.61 Å². The summed E-state index contributed by atoms with van der Waals surface area (Å²) in [6.07, 6.45) is 0.319. The molecule has 2 aliphatic heterocycles. The van der Waals surface area contributed by atoms with Crippen molar-refractivity contribution in [3.63, 3.8) is 0 Å². The van der Waals surface area contributed by atoms with Crippen molar-refractivity contribution in [3.05, 3.63) is 35.4 Å². The van der Waals surface area contributed by atoms with Gasteiger partial charge in [-0.2, -0.15) is 0 Å². The van der Waals surface area contributed by atoms with Crippen molar-refractivity contribution in [1.29, 1.82) is 0 Å². The molecule has 3 rings (SSSR count). The molecule has 0 unspecified atom stereocenters. The van der Waals surface area contributed by atoms with Gasteiger partial charge in [0.05, 0.1) is 24.3 Å². The molecule has 8 heteroatoms. The average molecular weight is 360 g/mol. The van der Waals surface area contributed by atoms with E-state index in [0.717, 1.165) is 4.90 Å². The van der Waals surface area contributed by atoms with Crippen LogP contribution in [0.2, 0.25) is 0 Å². The van der Waals surface area contributed by atoms with Gasteiger partial charge in [0.25, 0.3) is 17.7 Å². The predicted octanol–water partition coefficient (Wildman–Crippen LogP) is 0.465. The third-order valence-electron chi connectivity index (χ3n) is 4.36. The van der Waals surface area contributed by atoms with Crippen LogP contribution >= 0.6 is 0 Å². The number of hydrogen-bond donors (Lipinski definition) is 0. The number of morpholine rings is 1. The first-order chi connectivity index (χ1) is 12.6. The molecule has 26 heavy (non-hydrogen) atoms. The molecule has 0 radical (unpaired) electrons. The lowest BCUT2D eigenvalue weighted by atomic mass is 10.1. The standard InChI is InChI=1S/C18H20N2O6/c21-15(19-8-10-25-11-9-19)12-26-16(22)6-3-7-20-17(23)13-4-1-2-5-14(13)18(20)24/h1-2,4-5H,3,6-12H2. The quantitative estimate of drug-likeness (QED) is 0.541. The number of hydrogen-bond acceptors (Lipinski definition) is 6. The maximum atomic E-state index is 12.2. The third-order valence-corrected chi connectivity index (χ3v) is 4.36. The van der Waals surface area contributed by atoms with Gasteiger partial charge in [-0.3, -0.25) is 24.1 Å². The Kier molecular flexibility index (Phi) is 5.62. The fraction of sp³-hybridized carbons (Fsp3) is 0.444. The van der Waals surface area contributed by atoms with E-state index in [9.17, 15) is 19.2 Å². The first-order valence-corrected chi connectivity index (χ1v) is 8.54. The van der Waals surface area contributed by atoms with Crippen molar-refractivity contribution in [1.82, 2.24) is 9.80 Å². The Hall–Kier alpha value is -2.74. The topological polar surface area (TPSA) is 93.2 Å². The predicted molar refractivity (Wildman–Crippen MR) is 89.4 cm³/mol. The highest BCUT2D eigenvalue weighted by atomic mass is 16.5. The van der Waals surface area contributed by atoms with Gasteiger partial charge in [-0.25, -0.2) is 0 Å². The lowest BCUT2D eigenvalue weighted by Gasteiger charge is -2.26. The Morgan fingerprint density at radius 1 is 1.04 bits per heavy atom. The summed E-state index contributed by atoms with van der Waals surface area (Å²) in [6, 6.07) is 6.63. The van der Waals surface area contributed by atoms with Crippen molar-refractivity contribution in [2.75, 3.05) is 39.5 Å². The summed E-state index contributed by atoms with van der Waals surface area (Å²) in [5.74, 6) is -1.46. The SMILES string of the molecule is O=C(CCCN1C(=O)c2ccccc2C1=O)OCC(=O)N1CCOCC1. The van der Waals surface area contributed by atoms with Crippen molar-refractivity contribution >= 4 is 23.7 Å². The number of esters is 1. The molecule has 1 aromatic rings. The van der Waals surface area contributed by atoms with E-state index >= 15 is 0 Å². The minimum atomic E-state index is -0.525. The van der Waals surface area contributed by atoms with Gasteiger partial charge in [0.2, 0.25) is 0 Å². The van der Waals surface area contributed by atoms with E-state index in [1.54, 1.807) is 29.2 Å². The number of carbonyl (C=O) groups excluding carboxylic acids is 4. The van der Waals surface area contributed by atoms with Gasteiger partial charge < -0.3 is 14.4 Å². The van der Waals surface area contributed by atoms with Crippen molar-refractivity contribution in [2.45, 2.75) is 12.8 Å². The van der Waals surface area contributed by atoms with Gasteiger partial charge in [0.1, 0.15) is 0 Å². The Labute approximate surface area is 150 Å². The summed E-state index contributed by atoms with van der Waals surface area (Å²) in [5.41, 5.74) is 0.771. The lowest BCUT2D eigenvalue weighted by Crippen LogP contribution is -2.42. The Morgan fingerprint density at radius 2 is 1.65 bits per heavy atom. The second-order valence-electron chi connectivity index (χ2n) is 6.06. The highest BCUT2D eigenvalue weighted by Gasteiger charge is 2.34. The van der Waals surface area contributed by atoms with E-state index in [2.05, 4.69) is 0 Å². The summed E-state index contributed by atoms with van der Waals surface area (Å²) in [4.78, 5) is 50.8. The van der Waals surface area contributed by atoms with Gasteiger partial charge in [0, 0.05) is 26.1 Å². The van der Waals surface area contributed by atoms with Crippen LogP contribution in [0.15, 0.2) is 24.3 Å². The molecule has 0 saturated carbocycles. The van der Waals surface area contributed by atoms with Crippen LogP contribution in [0.1, 0.15) is 33.6 Å². The highest BCUT2D eigenvalue weighted by Crippen LogP contribution is 2.22. The molecular formula is C18H20N2O6. The Morgan fingerprint density at radius 3 is 2.27 bits per heavy atom. The molecule has 0 bridgehead atoms. The second kappa shape index (κ2) is 8.09. The number of carbonyl (C=O) groups is 4. The molecule has 3 amide bonds. The van der Waals surface area contributed by atoms with Crippen LogP contribution in [0.5, 0.6) is 0 Å². The third kappa shape index (κ3) is 3.91. The zero-order valence-electron chi connectivity index (χ0n) is 14.3. The molecule has 0 spiro atoms. The molecule has 0 N–H and O–H groups in total. The van der Waals surface area contributed by atoms with Crippen molar-refractivity contribution < 1.29 is 28.7 Å². The van der Waals surface area contributed by atoms with E-state index in [-0.39, 0.29) is 43.7 Å². The largest absolute Gasteiger partial charge is 0.456 e. The first-order valence-electron chi connectivity index (χ1n) is 8.54. The summed E-state index contributed by atoms with van der Waals surface area (Å²) in [6.45, 7) is 1.80. The number of rotatable bonds is 6. The maximum Gasteiger partial charge on any atom is 0.306 e. The average Bonchev–Trinajstić information content (AvgIpc) is 2.92. The van der Waals surface area contributed by atoms with Crippen LogP contribution < -0.4 is 0 Å². The number of benzene rings is 1. The number of amides is 3. The molecular weight excluding hydrogens is 340 g/mol. The smallest absolute Gasteiger partial charge is 0.306 e. The summed E-state index contributed by atoms with van der Waals surface area (Å²) < 4.78 is 10.1. The van der Waals surface area contributed by atoms with Crippen molar-refractivity contribution in [2.24, 2.45) is 0 Å². The zero-order valence-corrected chi connectivity index (χ0v) is 14.3. The molecule has 8 nitrogen and oxygen atoms in total. The van der Waals surface area contributed by atoms with E-state index in [4.69, 9.17) is 9.47 Å². The van der Waals surface area contributed by atoms with E-state index in [0.29, 0.717) is 37.4 Å². The van der Waals surface area contributed by atoms with Crippen LogP contribution in [0.25, 0.3) is 0 Å². The minimum Gasteiger partial charge on any atom is -0.456 e. The first kappa shape index (κ1) is 18.1. The molecule has 138 valence electrons. The maximum absolute atomic E-state index is 12.2. The number of nitrogens with zero attached hydrogens (tertiary/aromatic N) is 2. The molecule has 2 aliphatic rings. The van der Waals surface area contributed by atoms with Gasteiger partial charge in [-0.05, 0) is 18.6 Å². The van der Waals surface area contributed by atoms with E-state index in [1.807, 2.05) is 0 Å². The normalized spacial score (nSPS) is 16.6. The Bertz CT molecular complexity index is 691. The zero-order chi connectivity index (χ0) is 18.5. The molecule has 1 aromatic carbocycles. The number of ether oxygens (including phenoxy) is 2. The van der Waals surface area contributed by atoms with Gasteiger partial charge in [-0.1, -0.05) is 12.1 Å². The molecule has 0 aliphatic carbocycles. The summed E-state index contributed by atoms with van der Waals surface area (Å²) in [7, 11) is 0. The van der Waals surface area contributed by atoms with E-state index in [1.165, 1.54) is 0 Å². The van der Waals surface area contributed by atoms with Crippen LogP contribution in [0, 0.1) is 0 Å². The van der Waals surface area contributed by atoms with E-state index < -0.39 is 5.97 Å². The summed E-state index contributed by atoms with van der Waals surface area (Å²) >= 11 is 0. The number of imide groups is 1.